The molecule has 0 bridgehead atoms. The zero-order valence-corrected chi connectivity index (χ0v) is 18.9. The Hall–Kier alpha value is -2.54. The molecule has 1 aliphatic rings. The van der Waals surface area contributed by atoms with Crippen LogP contribution in [0.5, 0.6) is 11.5 Å². The van der Waals surface area contributed by atoms with Crippen molar-refractivity contribution in [1.29, 1.82) is 0 Å². The Morgan fingerprint density at radius 3 is 2.10 bits per heavy atom. The summed E-state index contributed by atoms with van der Waals surface area (Å²) in [6, 6.07) is 15.2. The van der Waals surface area contributed by atoms with Crippen LogP contribution < -0.4 is 9.47 Å². The van der Waals surface area contributed by atoms with Gasteiger partial charge in [0, 0.05) is 37.1 Å². The van der Waals surface area contributed by atoms with Crippen molar-refractivity contribution in [3.63, 3.8) is 0 Å². The first-order valence-corrected chi connectivity index (χ1v) is 10.9. The van der Waals surface area contributed by atoms with Crippen molar-refractivity contribution in [2.45, 2.75) is 25.9 Å². The molecule has 2 aromatic carbocycles. The van der Waals surface area contributed by atoms with Crippen LogP contribution in [0.15, 0.2) is 53.0 Å². The molecular formula is C23H27BrN2O4. The molecule has 160 valence electrons. The number of hydrogen-bond acceptors (Lipinski definition) is 4. The second-order valence-electron chi connectivity index (χ2n) is 7.27. The highest BCUT2D eigenvalue weighted by molar-refractivity contribution is 9.10. The van der Waals surface area contributed by atoms with Crippen LogP contribution in [0.1, 0.15) is 18.9 Å². The van der Waals surface area contributed by atoms with Gasteiger partial charge in [0.25, 0.3) is 5.91 Å². The van der Waals surface area contributed by atoms with Crippen molar-refractivity contribution in [1.82, 2.24) is 9.80 Å². The molecule has 6 nitrogen and oxygen atoms in total. The summed E-state index contributed by atoms with van der Waals surface area (Å²) in [5.41, 5.74) is 1.11. The number of piperazine rings is 1. The number of carbonyl (C=O) groups is 2. The van der Waals surface area contributed by atoms with E-state index < -0.39 is 6.10 Å². The van der Waals surface area contributed by atoms with Gasteiger partial charge in [0.05, 0.1) is 7.11 Å². The predicted octanol–water partition coefficient (Wildman–Crippen LogP) is 3.53. The van der Waals surface area contributed by atoms with Crippen LogP contribution in [-0.2, 0) is 16.0 Å². The molecule has 1 fully saturated rings. The molecule has 0 saturated carbocycles. The molecule has 1 unspecified atom stereocenters. The third-order valence-electron chi connectivity index (χ3n) is 5.20. The minimum absolute atomic E-state index is 0.0525. The fourth-order valence-electron chi connectivity index (χ4n) is 3.40. The zero-order chi connectivity index (χ0) is 21.5. The fraction of sp³-hybridized carbons (Fsp3) is 0.391. The predicted molar refractivity (Wildman–Crippen MR) is 119 cm³/mol. The van der Waals surface area contributed by atoms with E-state index in [-0.39, 0.29) is 11.8 Å². The van der Waals surface area contributed by atoms with Crippen molar-refractivity contribution in [2.75, 3.05) is 33.3 Å². The van der Waals surface area contributed by atoms with Gasteiger partial charge in [0.15, 0.2) is 6.10 Å². The monoisotopic (exact) mass is 474 g/mol. The molecule has 3 rings (SSSR count). The second-order valence-corrected chi connectivity index (χ2v) is 8.18. The Morgan fingerprint density at radius 1 is 0.933 bits per heavy atom. The molecule has 1 atom stereocenters. The lowest BCUT2D eigenvalue weighted by atomic mass is 10.1. The molecule has 0 aliphatic carbocycles. The van der Waals surface area contributed by atoms with Crippen LogP contribution in [0.3, 0.4) is 0 Å². The summed E-state index contributed by atoms with van der Waals surface area (Å²) in [7, 11) is 1.64. The minimum atomic E-state index is -0.566. The number of carbonyl (C=O) groups excluding carboxylic acids is 2. The van der Waals surface area contributed by atoms with E-state index in [0.29, 0.717) is 44.8 Å². The van der Waals surface area contributed by atoms with E-state index in [1.165, 1.54) is 0 Å². The molecule has 30 heavy (non-hydrogen) atoms. The van der Waals surface area contributed by atoms with Gasteiger partial charge in [0.2, 0.25) is 5.91 Å². The third-order valence-corrected chi connectivity index (χ3v) is 5.73. The molecule has 2 aromatic rings. The summed E-state index contributed by atoms with van der Waals surface area (Å²) >= 11 is 3.38. The van der Waals surface area contributed by atoms with Crippen LogP contribution in [0.4, 0.5) is 0 Å². The lowest BCUT2D eigenvalue weighted by Crippen LogP contribution is -2.53. The number of ether oxygens (including phenoxy) is 2. The molecule has 0 aromatic heterocycles. The summed E-state index contributed by atoms with van der Waals surface area (Å²) in [5.74, 6) is 1.54. The molecule has 1 aliphatic heterocycles. The molecule has 0 N–H and O–H groups in total. The molecule has 1 saturated heterocycles. The first-order valence-electron chi connectivity index (χ1n) is 10.1. The van der Waals surface area contributed by atoms with Crippen LogP contribution in [0.2, 0.25) is 0 Å². The number of methoxy groups -OCH3 is 1. The maximum atomic E-state index is 12.7. The molecule has 1 heterocycles. The van der Waals surface area contributed by atoms with Crippen LogP contribution in [-0.4, -0.2) is 61.0 Å². The number of halogens is 1. The maximum Gasteiger partial charge on any atom is 0.263 e. The zero-order valence-electron chi connectivity index (χ0n) is 17.3. The van der Waals surface area contributed by atoms with Gasteiger partial charge < -0.3 is 19.3 Å². The SMILES string of the molecule is COc1ccc(CCC(=O)N2CCN(C(=O)C(C)Oc3ccc(Br)cc3)CC2)cc1. The number of benzene rings is 2. The second kappa shape index (κ2) is 10.5. The number of aryl methyl sites for hydroxylation is 1. The van der Waals surface area contributed by atoms with E-state index in [4.69, 9.17) is 9.47 Å². The van der Waals surface area contributed by atoms with E-state index in [0.717, 1.165) is 15.8 Å². The molecule has 7 heteroatoms. The van der Waals surface area contributed by atoms with E-state index >= 15 is 0 Å². The highest BCUT2D eigenvalue weighted by Crippen LogP contribution is 2.18. The standard InChI is InChI=1S/C23H27BrN2O4/c1-17(30-21-10-6-19(24)7-11-21)23(28)26-15-13-25(14-16-26)22(27)12-5-18-3-8-20(29-2)9-4-18/h3-4,6-11,17H,5,12-16H2,1-2H3. The van der Waals surface area contributed by atoms with Crippen molar-refractivity contribution in [2.24, 2.45) is 0 Å². The summed E-state index contributed by atoms with van der Waals surface area (Å²) in [6.45, 7) is 3.93. The topological polar surface area (TPSA) is 59.1 Å². The summed E-state index contributed by atoms with van der Waals surface area (Å²) < 4.78 is 11.9. The Labute approximate surface area is 185 Å². The molecule has 0 radical (unpaired) electrons. The van der Waals surface area contributed by atoms with Gasteiger partial charge in [-0.15, -0.1) is 0 Å². The van der Waals surface area contributed by atoms with E-state index in [1.54, 1.807) is 18.9 Å². The third kappa shape index (κ3) is 5.98. The summed E-state index contributed by atoms with van der Waals surface area (Å²) in [6.07, 6.45) is 0.590. The first-order chi connectivity index (χ1) is 14.5. The molecule has 0 spiro atoms. The average molecular weight is 475 g/mol. The van der Waals surface area contributed by atoms with Gasteiger partial charge in [-0.2, -0.15) is 0 Å². The molecule has 2 amide bonds. The van der Waals surface area contributed by atoms with Gasteiger partial charge in [-0.25, -0.2) is 0 Å². The van der Waals surface area contributed by atoms with Crippen molar-refractivity contribution in [3.8, 4) is 11.5 Å². The Morgan fingerprint density at radius 2 is 1.50 bits per heavy atom. The highest BCUT2D eigenvalue weighted by Gasteiger charge is 2.27. The van der Waals surface area contributed by atoms with Crippen LogP contribution in [0.25, 0.3) is 0 Å². The Kier molecular flexibility index (Phi) is 7.74. The summed E-state index contributed by atoms with van der Waals surface area (Å²) in [4.78, 5) is 28.8. The van der Waals surface area contributed by atoms with Crippen LogP contribution in [0, 0.1) is 0 Å². The van der Waals surface area contributed by atoms with Crippen molar-refractivity contribution < 1.29 is 19.1 Å². The Balaban J connectivity index is 1.43. The molecular weight excluding hydrogens is 448 g/mol. The average Bonchev–Trinajstić information content (AvgIpc) is 2.79. The van der Waals surface area contributed by atoms with E-state index in [2.05, 4.69) is 15.9 Å². The number of amides is 2. The highest BCUT2D eigenvalue weighted by atomic mass is 79.9. The maximum absolute atomic E-state index is 12.7. The lowest BCUT2D eigenvalue weighted by molar-refractivity contribution is -0.143. The van der Waals surface area contributed by atoms with Crippen molar-refractivity contribution >= 4 is 27.7 Å². The summed E-state index contributed by atoms with van der Waals surface area (Å²) in [5, 5.41) is 0. The van der Waals surface area contributed by atoms with Gasteiger partial charge in [0.1, 0.15) is 11.5 Å². The van der Waals surface area contributed by atoms with Gasteiger partial charge in [-0.3, -0.25) is 9.59 Å². The van der Waals surface area contributed by atoms with Crippen LogP contribution >= 0.6 is 15.9 Å². The largest absolute Gasteiger partial charge is 0.497 e. The smallest absolute Gasteiger partial charge is 0.263 e. The van der Waals surface area contributed by atoms with Gasteiger partial charge in [-0.05, 0) is 55.3 Å². The lowest BCUT2D eigenvalue weighted by Gasteiger charge is -2.36. The van der Waals surface area contributed by atoms with Gasteiger partial charge >= 0.3 is 0 Å². The van der Waals surface area contributed by atoms with E-state index in [9.17, 15) is 9.59 Å². The number of nitrogens with zero attached hydrogens (tertiary/aromatic N) is 2. The quantitative estimate of drug-likeness (QED) is 0.615. The van der Waals surface area contributed by atoms with E-state index in [1.807, 2.05) is 53.4 Å². The number of hydrogen-bond donors (Lipinski definition) is 0. The fourth-order valence-corrected chi connectivity index (χ4v) is 3.67. The number of rotatable bonds is 7. The minimum Gasteiger partial charge on any atom is -0.497 e. The Bertz CT molecular complexity index is 847. The normalized spacial score (nSPS) is 14.9. The van der Waals surface area contributed by atoms with Crippen molar-refractivity contribution in [3.05, 3.63) is 58.6 Å². The first kappa shape index (κ1) is 22.2. The van der Waals surface area contributed by atoms with Gasteiger partial charge in [-0.1, -0.05) is 28.1 Å².